The van der Waals surface area contributed by atoms with Crippen molar-refractivity contribution in [2.45, 2.75) is 5.88 Å². The van der Waals surface area contributed by atoms with E-state index in [1.54, 1.807) is 0 Å². The SMILES string of the molecule is CN(C)CCN1CCN(c2ccc(CCl)c(Br)c2)CC1. The molecule has 0 N–H and O–H groups in total. The van der Waals surface area contributed by atoms with Gasteiger partial charge >= 0.3 is 0 Å². The Morgan fingerprint density at radius 1 is 1.20 bits per heavy atom. The van der Waals surface area contributed by atoms with Crippen LogP contribution in [-0.4, -0.2) is 63.2 Å². The van der Waals surface area contributed by atoms with E-state index in [1.165, 1.54) is 5.69 Å². The molecule has 0 unspecified atom stereocenters. The molecule has 0 amide bonds. The molecule has 1 aliphatic heterocycles. The van der Waals surface area contributed by atoms with Crippen LogP contribution in [0.15, 0.2) is 22.7 Å². The summed E-state index contributed by atoms with van der Waals surface area (Å²) in [6.07, 6.45) is 0. The molecular formula is C15H23BrClN3. The first-order chi connectivity index (χ1) is 9.60. The van der Waals surface area contributed by atoms with Crippen molar-refractivity contribution < 1.29 is 0 Å². The van der Waals surface area contributed by atoms with Crippen LogP contribution in [0.4, 0.5) is 5.69 Å². The van der Waals surface area contributed by atoms with Gasteiger partial charge in [0.1, 0.15) is 0 Å². The standard InChI is InChI=1S/C15H23BrClN3/c1-18(2)5-6-19-7-9-20(10-8-19)14-4-3-13(12-17)15(16)11-14/h3-4,11H,5-10,12H2,1-2H3. The van der Waals surface area contributed by atoms with Crippen molar-refractivity contribution >= 4 is 33.2 Å². The Morgan fingerprint density at radius 3 is 2.45 bits per heavy atom. The normalized spacial score (nSPS) is 16.9. The van der Waals surface area contributed by atoms with E-state index in [9.17, 15) is 0 Å². The third kappa shape index (κ3) is 4.35. The Kier molecular flexibility index (Phi) is 6.15. The molecule has 0 aromatic heterocycles. The highest BCUT2D eigenvalue weighted by Gasteiger charge is 2.17. The molecule has 5 heteroatoms. The van der Waals surface area contributed by atoms with Gasteiger partial charge in [-0.25, -0.2) is 0 Å². The van der Waals surface area contributed by atoms with Crippen LogP contribution in [0.5, 0.6) is 0 Å². The third-order valence-corrected chi connectivity index (χ3v) is 4.81. The first kappa shape index (κ1) is 16.1. The Balaban J connectivity index is 1.88. The second kappa shape index (κ2) is 7.64. The van der Waals surface area contributed by atoms with Gasteiger partial charge in [0.05, 0.1) is 0 Å². The average Bonchev–Trinajstić information content (AvgIpc) is 2.45. The molecule has 0 aliphatic carbocycles. The lowest BCUT2D eigenvalue weighted by Gasteiger charge is -2.36. The number of alkyl halides is 1. The number of halogens is 2. The van der Waals surface area contributed by atoms with Crippen LogP contribution in [-0.2, 0) is 5.88 Å². The quantitative estimate of drug-likeness (QED) is 0.748. The number of hydrogen-bond donors (Lipinski definition) is 0. The summed E-state index contributed by atoms with van der Waals surface area (Å²) in [6, 6.07) is 6.48. The van der Waals surface area contributed by atoms with Gasteiger partial charge in [-0.3, -0.25) is 4.90 Å². The molecule has 1 fully saturated rings. The zero-order chi connectivity index (χ0) is 14.5. The summed E-state index contributed by atoms with van der Waals surface area (Å²) in [5.41, 5.74) is 2.44. The Labute approximate surface area is 135 Å². The number of benzene rings is 1. The van der Waals surface area contributed by atoms with E-state index >= 15 is 0 Å². The Bertz CT molecular complexity index is 431. The summed E-state index contributed by atoms with van der Waals surface area (Å²) >= 11 is 9.49. The van der Waals surface area contributed by atoms with Gasteiger partial charge in [0.15, 0.2) is 0 Å². The first-order valence-electron chi connectivity index (χ1n) is 7.06. The molecule has 1 aliphatic rings. The van der Waals surface area contributed by atoms with Crippen LogP contribution in [0.3, 0.4) is 0 Å². The maximum Gasteiger partial charge on any atom is 0.0485 e. The molecule has 0 spiro atoms. The van der Waals surface area contributed by atoms with Gasteiger partial charge in [-0.1, -0.05) is 22.0 Å². The number of piperazine rings is 1. The lowest BCUT2D eigenvalue weighted by molar-refractivity contribution is 0.229. The molecule has 0 saturated carbocycles. The van der Waals surface area contributed by atoms with E-state index in [4.69, 9.17) is 11.6 Å². The van der Waals surface area contributed by atoms with E-state index < -0.39 is 0 Å². The highest BCUT2D eigenvalue weighted by Crippen LogP contribution is 2.26. The zero-order valence-electron chi connectivity index (χ0n) is 12.3. The number of rotatable bonds is 5. The van der Waals surface area contributed by atoms with E-state index in [-0.39, 0.29) is 0 Å². The van der Waals surface area contributed by atoms with E-state index in [1.807, 2.05) is 0 Å². The van der Waals surface area contributed by atoms with Gasteiger partial charge in [0.2, 0.25) is 0 Å². The number of likely N-dealkylation sites (N-methyl/N-ethyl adjacent to an activating group) is 1. The molecule has 0 bridgehead atoms. The number of nitrogens with zero attached hydrogens (tertiary/aromatic N) is 3. The maximum atomic E-state index is 5.90. The lowest BCUT2D eigenvalue weighted by atomic mass is 10.2. The van der Waals surface area contributed by atoms with Crippen LogP contribution < -0.4 is 4.90 Å². The van der Waals surface area contributed by atoms with Gasteiger partial charge in [0.25, 0.3) is 0 Å². The summed E-state index contributed by atoms with van der Waals surface area (Å²) in [5.74, 6) is 0.555. The van der Waals surface area contributed by atoms with Crippen LogP contribution >= 0.6 is 27.5 Å². The average molecular weight is 361 g/mol. The smallest absolute Gasteiger partial charge is 0.0485 e. The van der Waals surface area contributed by atoms with Crippen molar-refractivity contribution in [3.8, 4) is 0 Å². The summed E-state index contributed by atoms with van der Waals surface area (Å²) in [6.45, 7) is 6.78. The van der Waals surface area contributed by atoms with Gasteiger partial charge < -0.3 is 9.80 Å². The van der Waals surface area contributed by atoms with Crippen LogP contribution in [0, 0.1) is 0 Å². The molecule has 112 valence electrons. The summed E-state index contributed by atoms with van der Waals surface area (Å²) < 4.78 is 1.11. The molecule has 1 aromatic carbocycles. The molecule has 20 heavy (non-hydrogen) atoms. The molecule has 1 aromatic rings. The fourth-order valence-electron chi connectivity index (χ4n) is 2.41. The topological polar surface area (TPSA) is 9.72 Å². The van der Waals surface area contributed by atoms with Gasteiger partial charge in [-0.05, 0) is 31.8 Å². The second-order valence-corrected chi connectivity index (χ2v) is 6.66. The largest absolute Gasteiger partial charge is 0.369 e. The second-order valence-electron chi connectivity index (χ2n) is 5.54. The predicted octanol–water partition coefficient (Wildman–Crippen LogP) is 2.87. The van der Waals surface area contributed by atoms with Crippen molar-refractivity contribution in [3.05, 3.63) is 28.2 Å². The molecule has 3 nitrogen and oxygen atoms in total. The van der Waals surface area contributed by atoms with Gasteiger partial charge in [-0.15, -0.1) is 11.6 Å². The number of hydrogen-bond acceptors (Lipinski definition) is 3. The maximum absolute atomic E-state index is 5.90. The lowest BCUT2D eigenvalue weighted by Crippen LogP contribution is -2.48. The predicted molar refractivity (Wildman–Crippen MR) is 90.9 cm³/mol. The van der Waals surface area contributed by atoms with Crippen molar-refractivity contribution in [2.24, 2.45) is 0 Å². The van der Waals surface area contributed by atoms with Crippen LogP contribution in [0.2, 0.25) is 0 Å². The molecule has 1 heterocycles. The van der Waals surface area contributed by atoms with Crippen molar-refractivity contribution in [1.29, 1.82) is 0 Å². The monoisotopic (exact) mass is 359 g/mol. The zero-order valence-corrected chi connectivity index (χ0v) is 14.6. The van der Waals surface area contributed by atoms with Gasteiger partial charge in [0, 0.05) is 55.3 Å². The highest BCUT2D eigenvalue weighted by molar-refractivity contribution is 9.10. The van der Waals surface area contributed by atoms with Crippen molar-refractivity contribution in [1.82, 2.24) is 9.80 Å². The molecule has 1 saturated heterocycles. The fraction of sp³-hybridized carbons (Fsp3) is 0.600. The van der Waals surface area contributed by atoms with Crippen molar-refractivity contribution in [2.75, 3.05) is 58.3 Å². The summed E-state index contributed by atoms with van der Waals surface area (Å²) in [7, 11) is 4.26. The minimum absolute atomic E-state index is 0.555. The van der Waals surface area contributed by atoms with E-state index in [0.29, 0.717) is 5.88 Å². The van der Waals surface area contributed by atoms with E-state index in [0.717, 1.165) is 49.3 Å². The Morgan fingerprint density at radius 2 is 1.90 bits per heavy atom. The number of anilines is 1. The van der Waals surface area contributed by atoms with E-state index in [2.05, 4.69) is 62.9 Å². The van der Waals surface area contributed by atoms with Gasteiger partial charge in [-0.2, -0.15) is 0 Å². The summed E-state index contributed by atoms with van der Waals surface area (Å²) in [5, 5.41) is 0. The van der Waals surface area contributed by atoms with Crippen LogP contribution in [0.1, 0.15) is 5.56 Å². The minimum atomic E-state index is 0.555. The molecule has 0 radical (unpaired) electrons. The van der Waals surface area contributed by atoms with Crippen LogP contribution in [0.25, 0.3) is 0 Å². The molecular weight excluding hydrogens is 338 g/mol. The molecule has 0 atom stereocenters. The first-order valence-corrected chi connectivity index (χ1v) is 8.39. The Hall–Kier alpha value is -0.290. The minimum Gasteiger partial charge on any atom is -0.369 e. The van der Waals surface area contributed by atoms with Crippen molar-refractivity contribution in [3.63, 3.8) is 0 Å². The summed E-state index contributed by atoms with van der Waals surface area (Å²) in [4.78, 5) is 7.24. The molecule has 2 rings (SSSR count). The fourth-order valence-corrected chi connectivity index (χ4v) is 3.31. The third-order valence-electron chi connectivity index (χ3n) is 3.78. The highest BCUT2D eigenvalue weighted by atomic mass is 79.9.